The van der Waals surface area contributed by atoms with Gasteiger partial charge in [-0.25, -0.2) is 0 Å². The highest BCUT2D eigenvalue weighted by molar-refractivity contribution is 5.99. The third-order valence-electron chi connectivity index (χ3n) is 5.93. The highest BCUT2D eigenvalue weighted by Crippen LogP contribution is 2.25. The summed E-state index contributed by atoms with van der Waals surface area (Å²) in [6.07, 6.45) is 0.985. The number of carbonyl (C=O) groups is 1. The van der Waals surface area contributed by atoms with E-state index in [4.69, 9.17) is 0 Å². The summed E-state index contributed by atoms with van der Waals surface area (Å²) in [5.74, 6) is 0.0837. The molecule has 0 radical (unpaired) electrons. The zero-order valence-electron chi connectivity index (χ0n) is 16.6. The molecule has 27 heavy (non-hydrogen) atoms. The summed E-state index contributed by atoms with van der Waals surface area (Å²) in [5, 5.41) is 1.12. The van der Waals surface area contributed by atoms with Crippen molar-refractivity contribution in [2.24, 2.45) is 7.05 Å². The molecule has 2 aromatic carbocycles. The lowest BCUT2D eigenvalue weighted by Crippen LogP contribution is -2.46. The van der Waals surface area contributed by atoms with E-state index in [0.29, 0.717) is 6.04 Å². The maximum absolute atomic E-state index is 13.2. The number of fused-ring (bicyclic) bond motifs is 2. The Hall–Kier alpha value is -2.59. The molecule has 0 aliphatic carbocycles. The Bertz CT molecular complexity index is 1000. The number of likely N-dealkylation sites (N-methyl/N-ethyl adjacent to an activating group) is 2. The van der Waals surface area contributed by atoms with Gasteiger partial charge in [0.25, 0.3) is 5.91 Å². The zero-order valence-corrected chi connectivity index (χ0v) is 16.6. The summed E-state index contributed by atoms with van der Waals surface area (Å²) < 4.78 is 2.03. The number of nitrogens with zero attached hydrogens (tertiary/aromatic N) is 3. The highest BCUT2D eigenvalue weighted by atomic mass is 16.2. The Kier molecular flexibility index (Phi) is 4.52. The van der Waals surface area contributed by atoms with Crippen molar-refractivity contribution in [3.63, 3.8) is 0 Å². The van der Waals surface area contributed by atoms with Crippen molar-refractivity contribution in [2.45, 2.75) is 25.9 Å². The van der Waals surface area contributed by atoms with E-state index >= 15 is 0 Å². The van der Waals surface area contributed by atoms with Gasteiger partial charge >= 0.3 is 0 Å². The maximum Gasteiger partial charge on any atom is 0.270 e. The topological polar surface area (TPSA) is 28.5 Å². The van der Waals surface area contributed by atoms with Gasteiger partial charge in [0.2, 0.25) is 0 Å². The van der Waals surface area contributed by atoms with E-state index in [1.807, 2.05) is 35.7 Å². The normalized spacial score (nSPS) is 17.1. The second-order valence-electron chi connectivity index (χ2n) is 7.83. The van der Waals surface area contributed by atoms with Crippen LogP contribution in [-0.2, 0) is 20.0 Å². The van der Waals surface area contributed by atoms with Crippen LogP contribution in [0.2, 0.25) is 0 Å². The third-order valence-corrected chi connectivity index (χ3v) is 5.93. The molecule has 0 fully saturated rings. The Morgan fingerprint density at radius 3 is 2.59 bits per heavy atom. The number of para-hydroxylation sites is 1. The Morgan fingerprint density at radius 2 is 1.85 bits per heavy atom. The molecule has 0 spiro atoms. The molecule has 1 aliphatic heterocycles. The molecular formula is C23H27N3O. The number of carbonyl (C=O) groups excluding carboxylic acids is 1. The lowest BCUT2D eigenvalue weighted by Gasteiger charge is -2.36. The molecule has 0 unspecified atom stereocenters. The molecule has 0 N–H and O–H groups in total. The number of amides is 1. The monoisotopic (exact) mass is 361 g/mol. The average molecular weight is 361 g/mol. The van der Waals surface area contributed by atoms with Gasteiger partial charge in [0, 0.05) is 38.6 Å². The SMILES string of the molecule is Cc1cccc2cc(C(=O)N(C)C[C@H]3Cc4ccccc4CN3C)n(C)c12. The molecule has 0 saturated heterocycles. The van der Waals surface area contributed by atoms with E-state index in [-0.39, 0.29) is 5.91 Å². The fourth-order valence-corrected chi connectivity index (χ4v) is 4.34. The van der Waals surface area contributed by atoms with Crippen LogP contribution >= 0.6 is 0 Å². The van der Waals surface area contributed by atoms with Gasteiger partial charge in [-0.15, -0.1) is 0 Å². The molecule has 0 saturated carbocycles. The number of aryl methyl sites for hydroxylation is 2. The number of hydrogen-bond donors (Lipinski definition) is 0. The van der Waals surface area contributed by atoms with Crippen molar-refractivity contribution in [2.75, 3.05) is 20.6 Å². The second kappa shape index (κ2) is 6.86. The lowest BCUT2D eigenvalue weighted by atomic mass is 9.94. The van der Waals surface area contributed by atoms with E-state index < -0.39 is 0 Å². The van der Waals surface area contributed by atoms with Gasteiger partial charge in [0.05, 0.1) is 5.52 Å². The Balaban J connectivity index is 1.55. The van der Waals surface area contributed by atoms with Crippen LogP contribution in [0.3, 0.4) is 0 Å². The minimum atomic E-state index is 0.0837. The van der Waals surface area contributed by atoms with Crippen molar-refractivity contribution in [3.05, 3.63) is 70.9 Å². The fourth-order valence-electron chi connectivity index (χ4n) is 4.34. The first-order valence-corrected chi connectivity index (χ1v) is 9.53. The fraction of sp³-hybridized carbons (Fsp3) is 0.348. The zero-order chi connectivity index (χ0) is 19.1. The molecule has 2 heterocycles. The van der Waals surface area contributed by atoms with Crippen LogP contribution in [-0.4, -0.2) is 47.0 Å². The van der Waals surface area contributed by atoms with Crippen LogP contribution in [0.4, 0.5) is 0 Å². The first kappa shape index (κ1) is 17.8. The van der Waals surface area contributed by atoms with Crippen molar-refractivity contribution in [3.8, 4) is 0 Å². The summed E-state index contributed by atoms with van der Waals surface area (Å²) in [4.78, 5) is 17.4. The van der Waals surface area contributed by atoms with Gasteiger partial charge in [0.1, 0.15) is 5.69 Å². The minimum absolute atomic E-state index is 0.0837. The van der Waals surface area contributed by atoms with Crippen LogP contribution in [0, 0.1) is 6.92 Å². The molecule has 1 aromatic heterocycles. The predicted molar refractivity (Wildman–Crippen MR) is 110 cm³/mol. The van der Waals surface area contributed by atoms with Crippen molar-refractivity contribution in [1.82, 2.24) is 14.4 Å². The van der Waals surface area contributed by atoms with E-state index in [1.54, 1.807) is 0 Å². The third kappa shape index (κ3) is 3.15. The summed E-state index contributed by atoms with van der Waals surface area (Å²) in [5.41, 5.74) is 5.88. The molecular weight excluding hydrogens is 334 g/mol. The van der Waals surface area contributed by atoms with E-state index in [2.05, 4.69) is 55.3 Å². The lowest BCUT2D eigenvalue weighted by molar-refractivity contribution is 0.0724. The summed E-state index contributed by atoms with van der Waals surface area (Å²) >= 11 is 0. The molecule has 1 aliphatic rings. The van der Waals surface area contributed by atoms with Crippen LogP contribution in [0.25, 0.3) is 10.9 Å². The molecule has 140 valence electrons. The molecule has 1 atom stereocenters. The summed E-state index contributed by atoms with van der Waals surface area (Å²) in [7, 11) is 6.06. The van der Waals surface area contributed by atoms with Gasteiger partial charge in [-0.2, -0.15) is 0 Å². The Morgan fingerprint density at radius 1 is 1.11 bits per heavy atom. The summed E-state index contributed by atoms with van der Waals surface area (Å²) in [6.45, 7) is 3.76. The summed E-state index contributed by atoms with van der Waals surface area (Å²) in [6, 6.07) is 17.2. The standard InChI is InChI=1S/C23H27N3O/c1-16-8-7-11-18-13-21(26(4)22(16)18)23(27)25(3)15-20-12-17-9-5-6-10-19(17)14-24(20)2/h5-11,13,20H,12,14-15H2,1-4H3/t20-/m1/s1. The number of hydrogen-bond acceptors (Lipinski definition) is 2. The molecule has 4 heteroatoms. The first-order chi connectivity index (χ1) is 13.0. The maximum atomic E-state index is 13.2. The molecule has 1 amide bonds. The Labute approximate surface area is 161 Å². The number of benzene rings is 2. The van der Waals surface area contributed by atoms with Gasteiger partial charge in [0.15, 0.2) is 0 Å². The quantitative estimate of drug-likeness (QED) is 0.713. The van der Waals surface area contributed by atoms with Crippen molar-refractivity contribution < 1.29 is 4.79 Å². The largest absolute Gasteiger partial charge is 0.339 e. The van der Waals surface area contributed by atoms with Crippen LogP contribution < -0.4 is 0 Å². The van der Waals surface area contributed by atoms with Gasteiger partial charge in [-0.1, -0.05) is 42.5 Å². The molecule has 4 nitrogen and oxygen atoms in total. The van der Waals surface area contributed by atoms with Crippen LogP contribution in [0.1, 0.15) is 27.2 Å². The second-order valence-corrected chi connectivity index (χ2v) is 7.83. The van der Waals surface area contributed by atoms with E-state index in [9.17, 15) is 4.79 Å². The van der Waals surface area contributed by atoms with Crippen LogP contribution in [0.15, 0.2) is 48.5 Å². The first-order valence-electron chi connectivity index (χ1n) is 9.53. The van der Waals surface area contributed by atoms with Gasteiger partial charge < -0.3 is 9.47 Å². The van der Waals surface area contributed by atoms with Gasteiger partial charge in [-0.3, -0.25) is 9.69 Å². The average Bonchev–Trinajstić information content (AvgIpc) is 2.99. The molecule has 0 bridgehead atoms. The van der Waals surface area contributed by atoms with Gasteiger partial charge in [-0.05, 0) is 43.1 Å². The van der Waals surface area contributed by atoms with E-state index in [1.165, 1.54) is 16.7 Å². The van der Waals surface area contributed by atoms with E-state index in [0.717, 1.165) is 36.1 Å². The number of rotatable bonds is 3. The van der Waals surface area contributed by atoms with Crippen molar-refractivity contribution >= 4 is 16.8 Å². The van der Waals surface area contributed by atoms with Crippen LogP contribution in [0.5, 0.6) is 0 Å². The minimum Gasteiger partial charge on any atom is -0.339 e. The molecule has 4 rings (SSSR count). The predicted octanol–water partition coefficient (Wildman–Crippen LogP) is 3.62. The smallest absolute Gasteiger partial charge is 0.270 e. The van der Waals surface area contributed by atoms with Crippen molar-refractivity contribution in [1.29, 1.82) is 0 Å². The molecule has 3 aromatic rings. The number of aromatic nitrogens is 1. The highest BCUT2D eigenvalue weighted by Gasteiger charge is 2.27.